The second kappa shape index (κ2) is 7.15. The number of aromatic carboxylic acids is 1. The molecule has 1 aliphatic rings. The zero-order valence-electron chi connectivity index (χ0n) is 18.2. The highest BCUT2D eigenvalue weighted by molar-refractivity contribution is 6.08. The minimum absolute atomic E-state index is 0.0305. The molecule has 32 heavy (non-hydrogen) atoms. The first-order valence-corrected chi connectivity index (χ1v) is 10.7. The summed E-state index contributed by atoms with van der Waals surface area (Å²) in [5.74, 6) is -0.942. The standard InChI is InChI=1S/C25H24N4O3/c1-25(2,3)22(30)17-11-26-23-21(17)29-20(12-27-23)16-6-4-5-15(16)13-7-8-18-14(9-13)10-19(28-18)24(31)32/h7-12,28H,4-6H2,1-3H3,(H,26,27)(H,31,32). The maximum Gasteiger partial charge on any atom is 0.352 e. The van der Waals surface area contributed by atoms with E-state index in [1.165, 1.54) is 5.57 Å². The zero-order chi connectivity index (χ0) is 22.6. The molecule has 0 atom stereocenters. The van der Waals surface area contributed by atoms with Gasteiger partial charge in [0.2, 0.25) is 0 Å². The summed E-state index contributed by atoms with van der Waals surface area (Å²) >= 11 is 0. The Labute approximate surface area is 184 Å². The molecule has 3 aromatic heterocycles. The average molecular weight is 428 g/mol. The van der Waals surface area contributed by atoms with Crippen LogP contribution in [-0.4, -0.2) is 36.8 Å². The summed E-state index contributed by atoms with van der Waals surface area (Å²) in [6.07, 6.45) is 6.27. The highest BCUT2D eigenvalue weighted by Gasteiger charge is 2.27. The number of carboxylic acid groups (broad SMARTS) is 1. The fourth-order valence-electron chi connectivity index (χ4n) is 4.39. The normalized spacial score (nSPS) is 14.6. The van der Waals surface area contributed by atoms with E-state index in [4.69, 9.17) is 4.98 Å². The number of allylic oxidation sites excluding steroid dienone is 2. The molecule has 1 aliphatic carbocycles. The number of H-pyrrole nitrogens is 2. The number of Topliss-reactive ketones (excluding diaryl/α,β-unsaturated/α-hetero) is 1. The number of carbonyl (C=O) groups excluding carboxylic acids is 1. The predicted molar refractivity (Wildman–Crippen MR) is 124 cm³/mol. The molecule has 4 aromatic rings. The van der Waals surface area contributed by atoms with Gasteiger partial charge in [-0.05, 0) is 54.2 Å². The first-order valence-electron chi connectivity index (χ1n) is 10.7. The Bertz CT molecular complexity index is 1430. The van der Waals surface area contributed by atoms with Crippen LogP contribution in [0.5, 0.6) is 0 Å². The van der Waals surface area contributed by atoms with Crippen molar-refractivity contribution in [2.75, 3.05) is 0 Å². The number of hydrogen-bond donors (Lipinski definition) is 3. The molecule has 1 aromatic carbocycles. The molecule has 5 rings (SSSR count). The van der Waals surface area contributed by atoms with Crippen molar-refractivity contribution in [3.05, 3.63) is 59.2 Å². The lowest BCUT2D eigenvalue weighted by Crippen LogP contribution is -2.20. The minimum Gasteiger partial charge on any atom is -0.477 e. The summed E-state index contributed by atoms with van der Waals surface area (Å²) < 4.78 is 0. The largest absolute Gasteiger partial charge is 0.477 e. The summed E-state index contributed by atoms with van der Waals surface area (Å²) in [4.78, 5) is 39.6. The van der Waals surface area contributed by atoms with Crippen LogP contribution in [-0.2, 0) is 0 Å². The fraction of sp³-hybridized carbons (Fsp3) is 0.280. The van der Waals surface area contributed by atoms with Gasteiger partial charge in [0.05, 0.1) is 17.5 Å². The summed E-state index contributed by atoms with van der Waals surface area (Å²) in [5.41, 5.74) is 6.41. The Balaban J connectivity index is 1.61. The number of carbonyl (C=O) groups is 2. The zero-order valence-corrected chi connectivity index (χ0v) is 18.2. The van der Waals surface area contributed by atoms with Gasteiger partial charge in [-0.2, -0.15) is 0 Å². The maximum atomic E-state index is 12.9. The predicted octanol–water partition coefficient (Wildman–Crippen LogP) is 5.46. The Morgan fingerprint density at radius 2 is 1.88 bits per heavy atom. The third-order valence-electron chi connectivity index (χ3n) is 6.03. The molecule has 0 saturated carbocycles. The lowest BCUT2D eigenvalue weighted by molar-refractivity contribution is 0.0691. The topological polar surface area (TPSA) is 112 Å². The van der Waals surface area contributed by atoms with Crippen molar-refractivity contribution in [1.82, 2.24) is 19.9 Å². The van der Waals surface area contributed by atoms with Crippen LogP contribution in [0.25, 0.3) is 33.2 Å². The lowest BCUT2D eigenvalue weighted by atomic mass is 9.87. The van der Waals surface area contributed by atoms with Crippen LogP contribution in [0, 0.1) is 5.41 Å². The van der Waals surface area contributed by atoms with Crippen LogP contribution in [0.15, 0.2) is 36.7 Å². The number of benzene rings is 1. The number of nitrogens with zero attached hydrogens (tertiary/aromatic N) is 2. The molecule has 0 radical (unpaired) electrons. The molecule has 0 amide bonds. The molecule has 0 fully saturated rings. The van der Waals surface area contributed by atoms with Gasteiger partial charge in [-0.1, -0.05) is 26.8 Å². The Hall–Kier alpha value is -3.74. The van der Waals surface area contributed by atoms with Crippen LogP contribution < -0.4 is 0 Å². The van der Waals surface area contributed by atoms with E-state index in [1.807, 2.05) is 39.0 Å². The Morgan fingerprint density at radius 3 is 2.62 bits per heavy atom. The van der Waals surface area contributed by atoms with E-state index in [-0.39, 0.29) is 11.5 Å². The van der Waals surface area contributed by atoms with Gasteiger partial charge >= 0.3 is 5.97 Å². The molecule has 0 saturated heterocycles. The van der Waals surface area contributed by atoms with Gasteiger partial charge in [0.1, 0.15) is 11.2 Å². The van der Waals surface area contributed by atoms with Gasteiger partial charge in [0.15, 0.2) is 11.4 Å². The van der Waals surface area contributed by atoms with Gasteiger partial charge in [-0.3, -0.25) is 4.79 Å². The van der Waals surface area contributed by atoms with Crippen LogP contribution in [0.2, 0.25) is 0 Å². The molecule has 0 unspecified atom stereocenters. The van der Waals surface area contributed by atoms with Crippen LogP contribution in [0.1, 0.15) is 72.1 Å². The van der Waals surface area contributed by atoms with Gasteiger partial charge in [-0.25, -0.2) is 14.8 Å². The Kier molecular flexibility index (Phi) is 4.51. The van der Waals surface area contributed by atoms with Crippen molar-refractivity contribution in [2.45, 2.75) is 40.0 Å². The molecule has 0 bridgehead atoms. The van der Waals surface area contributed by atoms with Crippen molar-refractivity contribution in [1.29, 1.82) is 0 Å². The molecule has 0 aliphatic heterocycles. The summed E-state index contributed by atoms with van der Waals surface area (Å²) in [6.45, 7) is 5.70. The molecule has 3 heterocycles. The SMILES string of the molecule is CC(C)(C)C(=O)c1c[nH]c2ncc(C3=C(c4ccc5[nH]c(C(=O)O)cc5c4)CCC3)nc12. The number of rotatable bonds is 4. The Morgan fingerprint density at radius 1 is 1.09 bits per heavy atom. The molecule has 0 spiro atoms. The number of hydrogen-bond acceptors (Lipinski definition) is 4. The highest BCUT2D eigenvalue weighted by atomic mass is 16.4. The van der Waals surface area contributed by atoms with Crippen molar-refractivity contribution in [2.24, 2.45) is 5.41 Å². The van der Waals surface area contributed by atoms with Gasteiger partial charge in [0, 0.05) is 22.5 Å². The van der Waals surface area contributed by atoms with E-state index >= 15 is 0 Å². The number of carboxylic acids is 1. The highest BCUT2D eigenvalue weighted by Crippen LogP contribution is 2.40. The van der Waals surface area contributed by atoms with Gasteiger partial charge in [-0.15, -0.1) is 0 Å². The van der Waals surface area contributed by atoms with Crippen molar-refractivity contribution >= 4 is 45.0 Å². The number of aromatic nitrogens is 4. The third-order valence-corrected chi connectivity index (χ3v) is 6.03. The first-order chi connectivity index (χ1) is 15.2. The molecule has 7 nitrogen and oxygen atoms in total. The summed E-state index contributed by atoms with van der Waals surface area (Å²) in [6, 6.07) is 7.62. The average Bonchev–Trinajstić information content (AvgIpc) is 3.48. The third kappa shape index (κ3) is 3.30. The summed E-state index contributed by atoms with van der Waals surface area (Å²) in [7, 11) is 0. The van der Waals surface area contributed by atoms with Crippen LogP contribution in [0.4, 0.5) is 0 Å². The van der Waals surface area contributed by atoms with Gasteiger partial charge in [0.25, 0.3) is 0 Å². The number of ketones is 1. The van der Waals surface area contributed by atoms with E-state index < -0.39 is 11.4 Å². The van der Waals surface area contributed by atoms with Crippen molar-refractivity contribution in [3.63, 3.8) is 0 Å². The van der Waals surface area contributed by atoms with E-state index in [0.29, 0.717) is 16.7 Å². The van der Waals surface area contributed by atoms with E-state index in [2.05, 4.69) is 15.0 Å². The smallest absolute Gasteiger partial charge is 0.352 e. The number of nitrogens with one attached hydrogen (secondary N) is 2. The summed E-state index contributed by atoms with van der Waals surface area (Å²) in [5, 5.41) is 10.1. The number of fused-ring (bicyclic) bond motifs is 2. The number of aromatic amines is 2. The van der Waals surface area contributed by atoms with Crippen LogP contribution >= 0.6 is 0 Å². The van der Waals surface area contributed by atoms with Crippen molar-refractivity contribution in [3.8, 4) is 0 Å². The first kappa shape index (κ1) is 20.2. The second-order valence-electron chi connectivity index (χ2n) is 9.33. The van der Waals surface area contributed by atoms with Crippen LogP contribution in [0.3, 0.4) is 0 Å². The maximum absolute atomic E-state index is 12.9. The van der Waals surface area contributed by atoms with Gasteiger partial charge < -0.3 is 15.1 Å². The van der Waals surface area contributed by atoms with Crippen molar-refractivity contribution < 1.29 is 14.7 Å². The fourth-order valence-corrected chi connectivity index (χ4v) is 4.39. The minimum atomic E-state index is -0.973. The second-order valence-corrected chi connectivity index (χ2v) is 9.33. The van der Waals surface area contributed by atoms with E-state index in [9.17, 15) is 14.7 Å². The lowest BCUT2D eigenvalue weighted by Gasteiger charge is -2.15. The molecule has 3 N–H and O–H groups in total. The quantitative estimate of drug-likeness (QED) is 0.374. The monoisotopic (exact) mass is 428 g/mol. The van der Waals surface area contributed by atoms with E-state index in [1.54, 1.807) is 18.5 Å². The molecular formula is C25H24N4O3. The van der Waals surface area contributed by atoms with E-state index in [0.717, 1.165) is 47.0 Å². The molecular weight excluding hydrogens is 404 g/mol. The molecule has 162 valence electrons. The molecule has 7 heteroatoms.